The van der Waals surface area contributed by atoms with Crippen LogP contribution in [0.4, 0.5) is 0 Å². The monoisotopic (exact) mass is 205 g/mol. The fourth-order valence-electron chi connectivity index (χ4n) is 2.09. The molecule has 0 amide bonds. The molecule has 2 atom stereocenters. The Labute approximate surface area is 80.8 Å². The fraction of sp³-hybridized carbons (Fsp3) is 1.00. The molecule has 1 aliphatic carbocycles. The van der Waals surface area contributed by atoms with Gasteiger partial charge in [-0.2, -0.15) is 0 Å². The van der Waals surface area contributed by atoms with Crippen molar-refractivity contribution in [3.63, 3.8) is 0 Å². The van der Waals surface area contributed by atoms with Crippen LogP contribution < -0.4 is 5.14 Å². The lowest BCUT2D eigenvalue weighted by molar-refractivity contribution is 0.203. The lowest BCUT2D eigenvalue weighted by Gasteiger charge is -2.38. The smallest absolute Gasteiger partial charge is 0.212 e. The predicted molar refractivity (Wildman–Crippen MR) is 53.7 cm³/mol. The van der Waals surface area contributed by atoms with E-state index in [1.165, 1.54) is 0 Å². The molecule has 0 aromatic carbocycles. The van der Waals surface area contributed by atoms with Crippen molar-refractivity contribution in [2.24, 2.45) is 16.5 Å². The van der Waals surface area contributed by atoms with E-state index >= 15 is 0 Å². The summed E-state index contributed by atoms with van der Waals surface area (Å²) in [6.45, 7) is 6.19. The molecule has 0 aromatic rings. The van der Waals surface area contributed by atoms with Gasteiger partial charge in [0.15, 0.2) is 0 Å². The first-order chi connectivity index (χ1) is 5.72. The zero-order chi connectivity index (χ0) is 10.3. The second kappa shape index (κ2) is 3.24. The van der Waals surface area contributed by atoms with E-state index in [0.29, 0.717) is 6.42 Å². The van der Waals surface area contributed by atoms with Gasteiger partial charge in [0.25, 0.3) is 0 Å². The zero-order valence-corrected chi connectivity index (χ0v) is 9.39. The van der Waals surface area contributed by atoms with Crippen LogP contribution in [0.2, 0.25) is 0 Å². The molecule has 1 rings (SSSR count). The van der Waals surface area contributed by atoms with Gasteiger partial charge in [-0.25, -0.2) is 13.6 Å². The van der Waals surface area contributed by atoms with Crippen LogP contribution in [0, 0.1) is 11.3 Å². The Morgan fingerprint density at radius 3 is 2.31 bits per heavy atom. The molecule has 2 N–H and O–H groups in total. The van der Waals surface area contributed by atoms with E-state index in [4.69, 9.17) is 5.14 Å². The quantitative estimate of drug-likeness (QED) is 0.705. The Hall–Kier alpha value is -0.0900. The molecule has 13 heavy (non-hydrogen) atoms. The van der Waals surface area contributed by atoms with Crippen molar-refractivity contribution in [3.05, 3.63) is 0 Å². The molecule has 0 radical (unpaired) electrons. The van der Waals surface area contributed by atoms with E-state index < -0.39 is 10.0 Å². The number of primary sulfonamides is 1. The Balaban J connectivity index is 2.84. The van der Waals surface area contributed by atoms with Crippen LogP contribution in [-0.4, -0.2) is 13.7 Å². The van der Waals surface area contributed by atoms with Gasteiger partial charge >= 0.3 is 0 Å². The molecule has 1 saturated carbocycles. The summed E-state index contributed by atoms with van der Waals surface area (Å²) in [5.74, 6) is 0.211. The normalized spacial score (nSPS) is 34.5. The molecule has 78 valence electrons. The highest BCUT2D eigenvalue weighted by Crippen LogP contribution is 2.40. The van der Waals surface area contributed by atoms with E-state index in [-0.39, 0.29) is 16.6 Å². The minimum absolute atomic E-state index is 0.129. The summed E-state index contributed by atoms with van der Waals surface area (Å²) in [6.07, 6.45) is 2.77. The number of rotatable bonds is 1. The standard InChI is InChI=1S/C9H19NO2S/c1-7-4-5-9(2,3)6-8(7)13(10,11)12/h7-8H,4-6H2,1-3H3,(H2,10,11,12). The molecular weight excluding hydrogens is 186 g/mol. The number of nitrogens with two attached hydrogens (primary N) is 1. The van der Waals surface area contributed by atoms with E-state index in [2.05, 4.69) is 13.8 Å². The van der Waals surface area contributed by atoms with Crippen LogP contribution in [-0.2, 0) is 10.0 Å². The van der Waals surface area contributed by atoms with Gasteiger partial charge in [0.1, 0.15) is 0 Å². The van der Waals surface area contributed by atoms with Crippen molar-refractivity contribution in [1.29, 1.82) is 0 Å². The third kappa shape index (κ3) is 2.68. The number of sulfonamides is 1. The van der Waals surface area contributed by atoms with Crippen LogP contribution in [0.5, 0.6) is 0 Å². The molecule has 0 bridgehead atoms. The van der Waals surface area contributed by atoms with Crippen molar-refractivity contribution in [2.45, 2.75) is 45.3 Å². The van der Waals surface area contributed by atoms with Crippen LogP contribution in [0.3, 0.4) is 0 Å². The molecule has 1 aliphatic rings. The molecule has 2 unspecified atom stereocenters. The topological polar surface area (TPSA) is 60.2 Å². The summed E-state index contributed by atoms with van der Waals surface area (Å²) in [6, 6.07) is 0. The van der Waals surface area contributed by atoms with Gasteiger partial charge in [-0.15, -0.1) is 0 Å². The average molecular weight is 205 g/mol. The summed E-state index contributed by atoms with van der Waals surface area (Å²) in [5.41, 5.74) is 0.129. The van der Waals surface area contributed by atoms with Gasteiger partial charge in [-0.05, 0) is 30.6 Å². The third-order valence-corrected chi connectivity index (χ3v) is 4.56. The Bertz CT molecular complexity index is 282. The van der Waals surface area contributed by atoms with Gasteiger partial charge in [0.2, 0.25) is 10.0 Å². The van der Waals surface area contributed by atoms with Crippen molar-refractivity contribution < 1.29 is 8.42 Å². The average Bonchev–Trinajstić information content (AvgIpc) is 1.92. The van der Waals surface area contributed by atoms with Crippen molar-refractivity contribution in [1.82, 2.24) is 0 Å². The number of hydrogen-bond acceptors (Lipinski definition) is 2. The van der Waals surface area contributed by atoms with Gasteiger partial charge in [-0.1, -0.05) is 20.8 Å². The molecule has 0 saturated heterocycles. The third-order valence-electron chi connectivity index (χ3n) is 3.09. The van der Waals surface area contributed by atoms with Gasteiger partial charge < -0.3 is 0 Å². The molecule has 1 fully saturated rings. The fourth-order valence-corrected chi connectivity index (χ4v) is 3.56. The molecule has 0 aromatic heterocycles. The van der Waals surface area contributed by atoms with E-state index in [9.17, 15) is 8.42 Å². The molecule has 0 spiro atoms. The molecular formula is C9H19NO2S. The van der Waals surface area contributed by atoms with Crippen molar-refractivity contribution >= 4 is 10.0 Å². The molecule has 3 nitrogen and oxygen atoms in total. The minimum atomic E-state index is -3.35. The van der Waals surface area contributed by atoms with Crippen LogP contribution in [0.1, 0.15) is 40.0 Å². The first kappa shape index (κ1) is 11.0. The second-order valence-electron chi connectivity index (χ2n) is 5.01. The maximum absolute atomic E-state index is 11.3. The summed E-state index contributed by atoms with van der Waals surface area (Å²) >= 11 is 0. The van der Waals surface area contributed by atoms with Gasteiger partial charge in [0, 0.05) is 0 Å². The maximum Gasteiger partial charge on any atom is 0.212 e. The maximum atomic E-state index is 11.3. The van der Waals surface area contributed by atoms with Gasteiger partial charge in [-0.3, -0.25) is 0 Å². The second-order valence-corrected chi connectivity index (χ2v) is 6.80. The first-order valence-electron chi connectivity index (χ1n) is 4.74. The Morgan fingerprint density at radius 1 is 1.38 bits per heavy atom. The molecule has 0 aliphatic heterocycles. The van der Waals surface area contributed by atoms with E-state index in [1.54, 1.807) is 0 Å². The van der Waals surface area contributed by atoms with Crippen molar-refractivity contribution in [2.75, 3.05) is 0 Å². The highest BCUT2D eigenvalue weighted by Gasteiger charge is 2.38. The molecule has 0 heterocycles. The molecule has 4 heteroatoms. The van der Waals surface area contributed by atoms with Gasteiger partial charge in [0.05, 0.1) is 5.25 Å². The summed E-state index contributed by atoms with van der Waals surface area (Å²) in [5, 5.41) is 4.86. The zero-order valence-electron chi connectivity index (χ0n) is 8.58. The lowest BCUT2D eigenvalue weighted by Crippen LogP contribution is -2.41. The Kier molecular flexibility index (Phi) is 2.74. The summed E-state index contributed by atoms with van der Waals surface area (Å²) < 4.78 is 22.5. The van der Waals surface area contributed by atoms with Crippen LogP contribution >= 0.6 is 0 Å². The highest BCUT2D eigenvalue weighted by atomic mass is 32.2. The number of hydrogen-bond donors (Lipinski definition) is 1. The highest BCUT2D eigenvalue weighted by molar-refractivity contribution is 7.89. The predicted octanol–water partition coefficient (Wildman–Crippen LogP) is 1.49. The lowest BCUT2D eigenvalue weighted by atomic mass is 9.73. The van der Waals surface area contributed by atoms with E-state index in [1.807, 2.05) is 6.92 Å². The van der Waals surface area contributed by atoms with Crippen molar-refractivity contribution in [3.8, 4) is 0 Å². The van der Waals surface area contributed by atoms with Crippen LogP contribution in [0.15, 0.2) is 0 Å². The first-order valence-corrected chi connectivity index (χ1v) is 6.35. The summed E-state index contributed by atoms with van der Waals surface area (Å²) in [7, 11) is -3.35. The minimum Gasteiger partial charge on any atom is -0.228 e. The summed E-state index contributed by atoms with van der Waals surface area (Å²) in [4.78, 5) is 0. The van der Waals surface area contributed by atoms with Crippen LogP contribution in [0.25, 0.3) is 0 Å². The Morgan fingerprint density at radius 2 is 1.92 bits per heavy atom. The van der Waals surface area contributed by atoms with E-state index in [0.717, 1.165) is 12.8 Å². The largest absolute Gasteiger partial charge is 0.228 e. The SMILES string of the molecule is CC1CCC(C)(C)CC1S(N)(=O)=O.